The smallest absolute Gasteiger partial charge is 0.123 e. The minimum absolute atomic E-state index is 0.865. The van der Waals surface area contributed by atoms with Crippen molar-refractivity contribution in [2.24, 2.45) is 0 Å². The van der Waals surface area contributed by atoms with Crippen LogP contribution in [0, 0.1) is 6.92 Å². The summed E-state index contributed by atoms with van der Waals surface area (Å²) in [7, 11) is 0. The fourth-order valence-corrected chi connectivity index (χ4v) is 3.06. The highest BCUT2D eigenvalue weighted by Crippen LogP contribution is 2.28. The summed E-state index contributed by atoms with van der Waals surface area (Å²) in [5.74, 6) is 2.10. The maximum absolute atomic E-state index is 5.95. The lowest BCUT2D eigenvalue weighted by Gasteiger charge is -2.30. The van der Waals surface area contributed by atoms with E-state index in [0.717, 1.165) is 37.7 Å². The molecule has 0 radical (unpaired) electrons. The molecule has 0 atom stereocenters. The highest BCUT2D eigenvalue weighted by Gasteiger charge is 2.18. The number of fused-ring (bicyclic) bond motifs is 1. The number of rotatable bonds is 5. The second kappa shape index (κ2) is 6.35. The Bertz CT molecular complexity index is 603. The van der Waals surface area contributed by atoms with Crippen LogP contribution in [0.1, 0.15) is 36.0 Å². The summed E-state index contributed by atoms with van der Waals surface area (Å²) < 4.78 is 5.95. The van der Waals surface area contributed by atoms with Crippen LogP contribution in [0.4, 0.5) is 5.69 Å². The Morgan fingerprint density at radius 2 is 2.14 bits per heavy atom. The minimum Gasteiger partial charge on any atom is -0.464 e. The number of hydrogen-bond acceptors (Lipinski definition) is 3. The summed E-state index contributed by atoms with van der Waals surface area (Å²) in [5, 5.41) is 3.36. The van der Waals surface area contributed by atoms with Crippen LogP contribution in [0.5, 0.6) is 0 Å². The Kier molecular flexibility index (Phi) is 4.30. The molecule has 1 N–H and O–H groups in total. The molecule has 0 saturated carbocycles. The molecule has 0 amide bonds. The Morgan fingerprint density at radius 1 is 1.29 bits per heavy atom. The van der Waals surface area contributed by atoms with Gasteiger partial charge < -0.3 is 14.6 Å². The Labute approximate surface area is 127 Å². The number of benzene rings is 1. The number of para-hydroxylation sites is 1. The molecule has 112 valence electrons. The summed E-state index contributed by atoms with van der Waals surface area (Å²) >= 11 is 0. The summed E-state index contributed by atoms with van der Waals surface area (Å²) in [6.07, 6.45) is 2.41. The third-order valence-corrected chi connectivity index (χ3v) is 4.19. The molecule has 2 heterocycles. The zero-order valence-corrected chi connectivity index (χ0v) is 13.0. The number of nitrogens with one attached hydrogen (secondary N) is 1. The molecule has 0 aliphatic carbocycles. The van der Waals surface area contributed by atoms with Gasteiger partial charge >= 0.3 is 0 Å². The van der Waals surface area contributed by atoms with Crippen molar-refractivity contribution in [2.75, 3.05) is 18.0 Å². The van der Waals surface area contributed by atoms with Crippen molar-refractivity contribution in [1.82, 2.24) is 5.32 Å². The Balaban J connectivity index is 1.75. The van der Waals surface area contributed by atoms with Crippen LogP contribution in [0.15, 0.2) is 34.7 Å². The van der Waals surface area contributed by atoms with Crippen LogP contribution in [0.2, 0.25) is 0 Å². The van der Waals surface area contributed by atoms with E-state index in [-0.39, 0.29) is 0 Å². The molecule has 0 fully saturated rings. The standard InChI is InChI=1S/C18H24N2O/c1-3-19-12-16-11-17(21-14(16)2)13-20-10-6-8-15-7-4-5-9-18(15)20/h4-5,7,9,11,19H,3,6,8,10,12-13H2,1-2H3. The third kappa shape index (κ3) is 3.13. The lowest BCUT2D eigenvalue weighted by molar-refractivity contribution is 0.471. The van der Waals surface area contributed by atoms with E-state index in [0.29, 0.717) is 0 Å². The summed E-state index contributed by atoms with van der Waals surface area (Å²) in [5.41, 5.74) is 4.10. The molecule has 0 saturated heterocycles. The fourth-order valence-electron chi connectivity index (χ4n) is 3.06. The first-order valence-electron chi connectivity index (χ1n) is 7.89. The van der Waals surface area contributed by atoms with Crippen LogP contribution in [0.3, 0.4) is 0 Å². The average molecular weight is 284 g/mol. The second-order valence-corrected chi connectivity index (χ2v) is 5.73. The molecule has 1 aliphatic rings. The summed E-state index contributed by atoms with van der Waals surface area (Å²) in [6, 6.07) is 10.9. The van der Waals surface area contributed by atoms with E-state index in [2.05, 4.69) is 54.4 Å². The summed E-state index contributed by atoms with van der Waals surface area (Å²) in [6.45, 7) is 8.03. The number of furan rings is 1. The van der Waals surface area contributed by atoms with Crippen LogP contribution >= 0.6 is 0 Å². The molecule has 3 rings (SSSR count). The minimum atomic E-state index is 0.865. The molecule has 0 bridgehead atoms. The fraction of sp³-hybridized carbons (Fsp3) is 0.444. The van der Waals surface area contributed by atoms with Crippen molar-refractivity contribution in [3.8, 4) is 0 Å². The van der Waals surface area contributed by atoms with Gasteiger partial charge in [-0.2, -0.15) is 0 Å². The van der Waals surface area contributed by atoms with Gasteiger partial charge in [-0.25, -0.2) is 0 Å². The van der Waals surface area contributed by atoms with E-state index < -0.39 is 0 Å². The first kappa shape index (κ1) is 14.2. The van der Waals surface area contributed by atoms with Gasteiger partial charge in [-0.05, 0) is 44.0 Å². The van der Waals surface area contributed by atoms with E-state index in [9.17, 15) is 0 Å². The maximum atomic E-state index is 5.95. The molecule has 2 aromatic rings. The van der Waals surface area contributed by atoms with Crippen LogP contribution in [-0.2, 0) is 19.5 Å². The maximum Gasteiger partial charge on any atom is 0.123 e. The van der Waals surface area contributed by atoms with E-state index in [1.807, 2.05) is 0 Å². The average Bonchev–Trinajstić information content (AvgIpc) is 2.85. The van der Waals surface area contributed by atoms with E-state index >= 15 is 0 Å². The molecule has 1 aliphatic heterocycles. The molecular weight excluding hydrogens is 260 g/mol. The second-order valence-electron chi connectivity index (χ2n) is 5.73. The number of hydrogen-bond donors (Lipinski definition) is 1. The molecule has 1 aromatic heterocycles. The van der Waals surface area contributed by atoms with E-state index in [1.54, 1.807) is 0 Å². The molecule has 3 heteroatoms. The van der Waals surface area contributed by atoms with E-state index in [1.165, 1.54) is 29.7 Å². The van der Waals surface area contributed by atoms with Crippen LogP contribution in [0.25, 0.3) is 0 Å². The Hall–Kier alpha value is -1.74. The van der Waals surface area contributed by atoms with Gasteiger partial charge in [0.05, 0.1) is 6.54 Å². The van der Waals surface area contributed by atoms with Crippen molar-refractivity contribution in [3.05, 3.63) is 53.0 Å². The lowest BCUT2D eigenvalue weighted by atomic mass is 10.0. The topological polar surface area (TPSA) is 28.4 Å². The van der Waals surface area contributed by atoms with E-state index in [4.69, 9.17) is 4.42 Å². The lowest BCUT2D eigenvalue weighted by Crippen LogP contribution is -2.28. The van der Waals surface area contributed by atoms with Gasteiger partial charge in [0.25, 0.3) is 0 Å². The van der Waals surface area contributed by atoms with Gasteiger partial charge in [0.1, 0.15) is 11.5 Å². The largest absolute Gasteiger partial charge is 0.464 e. The van der Waals surface area contributed by atoms with Crippen molar-refractivity contribution >= 4 is 5.69 Å². The highest BCUT2D eigenvalue weighted by atomic mass is 16.3. The highest BCUT2D eigenvalue weighted by molar-refractivity contribution is 5.55. The Morgan fingerprint density at radius 3 is 3.00 bits per heavy atom. The number of aryl methyl sites for hydroxylation is 2. The van der Waals surface area contributed by atoms with Gasteiger partial charge in [0.2, 0.25) is 0 Å². The molecule has 0 unspecified atom stereocenters. The zero-order valence-electron chi connectivity index (χ0n) is 13.0. The normalized spacial score (nSPS) is 14.3. The molecule has 21 heavy (non-hydrogen) atoms. The van der Waals surface area contributed by atoms with Crippen molar-refractivity contribution in [3.63, 3.8) is 0 Å². The van der Waals surface area contributed by atoms with Gasteiger partial charge in [-0.15, -0.1) is 0 Å². The molecule has 3 nitrogen and oxygen atoms in total. The monoisotopic (exact) mass is 284 g/mol. The third-order valence-electron chi connectivity index (χ3n) is 4.19. The first-order chi connectivity index (χ1) is 10.3. The van der Waals surface area contributed by atoms with Gasteiger partial charge in [-0.3, -0.25) is 0 Å². The van der Waals surface area contributed by atoms with Crippen LogP contribution in [-0.4, -0.2) is 13.1 Å². The van der Waals surface area contributed by atoms with Crippen molar-refractivity contribution in [2.45, 2.75) is 39.8 Å². The van der Waals surface area contributed by atoms with Crippen molar-refractivity contribution < 1.29 is 4.42 Å². The molecular formula is C18H24N2O. The quantitative estimate of drug-likeness (QED) is 0.908. The van der Waals surface area contributed by atoms with Gasteiger partial charge in [0.15, 0.2) is 0 Å². The van der Waals surface area contributed by atoms with Gasteiger partial charge in [-0.1, -0.05) is 25.1 Å². The predicted molar refractivity (Wildman–Crippen MR) is 86.6 cm³/mol. The predicted octanol–water partition coefficient (Wildman–Crippen LogP) is 3.65. The number of nitrogens with zero attached hydrogens (tertiary/aromatic N) is 1. The molecule has 1 aromatic carbocycles. The number of anilines is 1. The first-order valence-corrected chi connectivity index (χ1v) is 7.89. The van der Waals surface area contributed by atoms with Crippen molar-refractivity contribution in [1.29, 1.82) is 0 Å². The SMILES string of the molecule is CCNCc1cc(CN2CCCc3ccccc32)oc1C. The summed E-state index contributed by atoms with van der Waals surface area (Å²) in [4.78, 5) is 2.44. The van der Waals surface area contributed by atoms with Crippen LogP contribution < -0.4 is 10.2 Å². The van der Waals surface area contributed by atoms with Gasteiger partial charge in [0, 0.05) is 24.3 Å². The zero-order chi connectivity index (χ0) is 14.7. The molecule has 0 spiro atoms.